The van der Waals surface area contributed by atoms with Gasteiger partial charge in [-0.3, -0.25) is 9.59 Å². The Bertz CT molecular complexity index is 626. The predicted octanol–water partition coefficient (Wildman–Crippen LogP) is 2.51. The van der Waals surface area contributed by atoms with Gasteiger partial charge in [0.15, 0.2) is 0 Å². The van der Waals surface area contributed by atoms with Crippen molar-refractivity contribution in [3.8, 4) is 0 Å². The lowest BCUT2D eigenvalue weighted by Crippen LogP contribution is -2.45. The third-order valence-corrected chi connectivity index (χ3v) is 4.63. The van der Waals surface area contributed by atoms with E-state index >= 15 is 0 Å². The molecular weight excluding hydrogens is 308 g/mol. The molecule has 1 fully saturated rings. The molecule has 0 aromatic heterocycles. The Labute approximate surface area is 141 Å². The van der Waals surface area contributed by atoms with Crippen molar-refractivity contribution < 1.29 is 19.5 Å². The molecule has 4 atom stereocenters. The van der Waals surface area contributed by atoms with Crippen LogP contribution in [0.1, 0.15) is 44.0 Å². The van der Waals surface area contributed by atoms with Crippen molar-refractivity contribution in [3.05, 3.63) is 29.8 Å². The molecule has 2 unspecified atom stereocenters. The summed E-state index contributed by atoms with van der Waals surface area (Å²) < 4.78 is 0. The summed E-state index contributed by atoms with van der Waals surface area (Å²) in [6.45, 7) is 5.70. The number of benzene rings is 1. The molecule has 1 aromatic carbocycles. The molecule has 1 aromatic rings. The van der Waals surface area contributed by atoms with Gasteiger partial charge < -0.3 is 15.7 Å². The molecule has 6 heteroatoms. The van der Waals surface area contributed by atoms with Crippen LogP contribution in [0, 0.1) is 17.8 Å². The number of carbonyl (C=O) groups is 3. The lowest BCUT2D eigenvalue weighted by Gasteiger charge is -2.20. The van der Waals surface area contributed by atoms with Crippen LogP contribution in [0.5, 0.6) is 0 Å². The third kappa shape index (κ3) is 4.34. The second kappa shape index (κ2) is 7.47. The van der Waals surface area contributed by atoms with Crippen LogP contribution in [0.4, 0.5) is 5.69 Å². The van der Waals surface area contributed by atoms with Crippen LogP contribution in [-0.2, 0) is 9.59 Å². The maximum Gasteiger partial charge on any atom is 0.326 e. The van der Waals surface area contributed by atoms with E-state index in [1.165, 1.54) is 0 Å². The van der Waals surface area contributed by atoms with E-state index in [1.54, 1.807) is 31.2 Å². The Balaban J connectivity index is 1.97. The molecule has 0 saturated heterocycles. The topological polar surface area (TPSA) is 95.5 Å². The zero-order valence-electron chi connectivity index (χ0n) is 14.2. The van der Waals surface area contributed by atoms with Gasteiger partial charge in [-0.05, 0) is 42.5 Å². The Kier molecular flexibility index (Phi) is 5.59. The van der Waals surface area contributed by atoms with E-state index in [4.69, 9.17) is 0 Å². The molecule has 0 aliphatic heterocycles. The summed E-state index contributed by atoms with van der Waals surface area (Å²) in [6.07, 6.45) is 1.57. The molecule has 2 rings (SSSR count). The maximum absolute atomic E-state index is 12.2. The molecule has 130 valence electrons. The fourth-order valence-electron chi connectivity index (χ4n) is 2.53. The van der Waals surface area contributed by atoms with Crippen LogP contribution in [0.15, 0.2) is 24.3 Å². The molecule has 0 spiro atoms. The predicted molar refractivity (Wildman–Crippen MR) is 90.7 cm³/mol. The van der Waals surface area contributed by atoms with Gasteiger partial charge in [0.25, 0.3) is 5.91 Å². The first-order chi connectivity index (χ1) is 11.3. The highest BCUT2D eigenvalue weighted by Crippen LogP contribution is 2.38. The highest BCUT2D eigenvalue weighted by Gasteiger charge is 2.39. The summed E-state index contributed by atoms with van der Waals surface area (Å²) >= 11 is 0. The fourth-order valence-corrected chi connectivity index (χ4v) is 2.53. The molecular formula is C18H24N2O4. The van der Waals surface area contributed by atoms with E-state index in [9.17, 15) is 19.5 Å². The van der Waals surface area contributed by atoms with Gasteiger partial charge in [0, 0.05) is 17.2 Å². The molecule has 1 saturated carbocycles. The minimum absolute atomic E-state index is 0.00223. The molecule has 1 aliphatic rings. The molecule has 6 nitrogen and oxygen atoms in total. The lowest BCUT2D eigenvalue weighted by atomic mass is 9.99. The SMILES string of the molecule is CC[C@H](C)[C@H](NC(=O)c1ccc(NC(=O)C2CC2C)cc1)C(=O)O. The molecule has 24 heavy (non-hydrogen) atoms. The quantitative estimate of drug-likeness (QED) is 0.715. The zero-order valence-corrected chi connectivity index (χ0v) is 14.2. The fraction of sp³-hybridized carbons (Fsp3) is 0.500. The first-order valence-electron chi connectivity index (χ1n) is 8.28. The molecule has 0 heterocycles. The number of carboxylic acid groups (broad SMARTS) is 1. The van der Waals surface area contributed by atoms with Crippen molar-refractivity contribution >= 4 is 23.5 Å². The van der Waals surface area contributed by atoms with Gasteiger partial charge in [0.2, 0.25) is 5.91 Å². The molecule has 2 amide bonds. The van der Waals surface area contributed by atoms with Crippen molar-refractivity contribution in [1.82, 2.24) is 5.32 Å². The van der Waals surface area contributed by atoms with Crippen LogP contribution in [0.3, 0.4) is 0 Å². The summed E-state index contributed by atoms with van der Waals surface area (Å²) in [5.41, 5.74) is 0.995. The van der Waals surface area contributed by atoms with Gasteiger partial charge in [-0.2, -0.15) is 0 Å². The highest BCUT2D eigenvalue weighted by atomic mass is 16.4. The van der Waals surface area contributed by atoms with Crippen molar-refractivity contribution in [2.75, 3.05) is 5.32 Å². The first kappa shape index (κ1) is 18.0. The summed E-state index contributed by atoms with van der Waals surface area (Å²) in [4.78, 5) is 35.4. The van der Waals surface area contributed by atoms with Crippen molar-refractivity contribution in [2.24, 2.45) is 17.8 Å². The van der Waals surface area contributed by atoms with Gasteiger partial charge in [0.1, 0.15) is 6.04 Å². The Morgan fingerprint density at radius 1 is 1.25 bits per heavy atom. The Morgan fingerprint density at radius 2 is 1.83 bits per heavy atom. The number of carbonyl (C=O) groups excluding carboxylic acids is 2. The van der Waals surface area contributed by atoms with Crippen molar-refractivity contribution in [1.29, 1.82) is 0 Å². The third-order valence-electron chi connectivity index (χ3n) is 4.63. The van der Waals surface area contributed by atoms with E-state index < -0.39 is 17.9 Å². The van der Waals surface area contributed by atoms with Crippen LogP contribution < -0.4 is 10.6 Å². The van der Waals surface area contributed by atoms with Gasteiger partial charge in [-0.1, -0.05) is 27.2 Å². The van der Waals surface area contributed by atoms with Gasteiger partial charge in [-0.25, -0.2) is 4.79 Å². The molecule has 3 N–H and O–H groups in total. The standard InChI is InChI=1S/C18H24N2O4/c1-4-10(2)15(18(23)24)20-16(21)12-5-7-13(8-6-12)19-17(22)14-9-11(14)3/h5-8,10-11,14-15H,4,9H2,1-3H3,(H,19,22)(H,20,21)(H,23,24)/t10-,11?,14?,15-/m0/s1. The maximum atomic E-state index is 12.2. The second-order valence-electron chi connectivity index (χ2n) is 6.56. The summed E-state index contributed by atoms with van der Waals surface area (Å²) in [5.74, 6) is -1.12. The Morgan fingerprint density at radius 3 is 2.29 bits per heavy atom. The minimum atomic E-state index is -1.04. The monoisotopic (exact) mass is 332 g/mol. The number of aliphatic carboxylic acids is 1. The average molecular weight is 332 g/mol. The molecule has 0 radical (unpaired) electrons. The summed E-state index contributed by atoms with van der Waals surface area (Å²) in [5, 5.41) is 14.6. The van der Waals surface area contributed by atoms with Crippen LogP contribution in [0.2, 0.25) is 0 Å². The lowest BCUT2D eigenvalue weighted by molar-refractivity contribution is -0.140. The Hall–Kier alpha value is -2.37. The first-order valence-corrected chi connectivity index (χ1v) is 8.28. The van der Waals surface area contributed by atoms with E-state index in [0.29, 0.717) is 23.6 Å². The number of anilines is 1. The van der Waals surface area contributed by atoms with Crippen LogP contribution >= 0.6 is 0 Å². The van der Waals surface area contributed by atoms with Gasteiger partial charge in [-0.15, -0.1) is 0 Å². The largest absolute Gasteiger partial charge is 0.480 e. The highest BCUT2D eigenvalue weighted by molar-refractivity contribution is 5.98. The number of carboxylic acids is 1. The molecule has 1 aliphatic carbocycles. The zero-order chi connectivity index (χ0) is 17.9. The number of nitrogens with one attached hydrogen (secondary N) is 2. The second-order valence-corrected chi connectivity index (χ2v) is 6.56. The van der Waals surface area contributed by atoms with Crippen molar-refractivity contribution in [2.45, 2.75) is 39.7 Å². The number of amides is 2. The van der Waals surface area contributed by atoms with E-state index in [0.717, 1.165) is 6.42 Å². The van der Waals surface area contributed by atoms with Crippen LogP contribution in [-0.4, -0.2) is 28.9 Å². The van der Waals surface area contributed by atoms with E-state index in [2.05, 4.69) is 10.6 Å². The minimum Gasteiger partial charge on any atom is -0.480 e. The van der Waals surface area contributed by atoms with Gasteiger partial charge in [0.05, 0.1) is 0 Å². The molecule has 0 bridgehead atoms. The number of rotatable bonds is 7. The van der Waals surface area contributed by atoms with Crippen molar-refractivity contribution in [3.63, 3.8) is 0 Å². The number of hydrogen-bond acceptors (Lipinski definition) is 3. The van der Waals surface area contributed by atoms with Gasteiger partial charge >= 0.3 is 5.97 Å². The summed E-state index contributed by atoms with van der Waals surface area (Å²) in [6, 6.07) is 5.55. The van der Waals surface area contributed by atoms with E-state index in [1.807, 2.05) is 13.8 Å². The smallest absolute Gasteiger partial charge is 0.326 e. The van der Waals surface area contributed by atoms with Crippen LogP contribution in [0.25, 0.3) is 0 Å². The average Bonchev–Trinajstić information content (AvgIpc) is 3.29. The number of hydrogen-bond donors (Lipinski definition) is 3. The van der Waals surface area contributed by atoms with E-state index in [-0.39, 0.29) is 17.7 Å². The summed E-state index contributed by atoms with van der Waals surface area (Å²) in [7, 11) is 0. The normalized spacial score (nSPS) is 21.5.